The average Bonchev–Trinajstić information content (AvgIpc) is 3.09. The predicted molar refractivity (Wildman–Crippen MR) is 99.4 cm³/mol. The van der Waals surface area contributed by atoms with E-state index in [2.05, 4.69) is 15.2 Å². The molecule has 0 spiro atoms. The van der Waals surface area contributed by atoms with Gasteiger partial charge in [0.2, 0.25) is 0 Å². The van der Waals surface area contributed by atoms with E-state index in [4.69, 9.17) is 4.74 Å². The van der Waals surface area contributed by atoms with E-state index in [0.29, 0.717) is 12.4 Å². The van der Waals surface area contributed by atoms with Crippen LogP contribution in [0, 0.1) is 0 Å². The second-order valence-electron chi connectivity index (χ2n) is 6.56. The number of aryl methyl sites for hydroxylation is 1. The first-order valence-corrected chi connectivity index (χ1v) is 8.59. The number of nitrogens with one attached hydrogen (secondary N) is 1. The van der Waals surface area contributed by atoms with Crippen LogP contribution in [-0.4, -0.2) is 47.8 Å². The van der Waals surface area contributed by atoms with E-state index < -0.39 is 12.0 Å². The number of rotatable bonds is 2. The first-order valence-electron chi connectivity index (χ1n) is 8.59. The molecule has 0 aromatic carbocycles. The molecule has 9 nitrogen and oxygen atoms in total. The summed E-state index contributed by atoms with van der Waals surface area (Å²) in [5.74, 6) is -0.167. The monoisotopic (exact) mass is 369 g/mol. The van der Waals surface area contributed by atoms with Crippen LogP contribution in [0.2, 0.25) is 0 Å². The normalized spacial score (nSPS) is 17.5. The van der Waals surface area contributed by atoms with Crippen LogP contribution in [0.15, 0.2) is 35.3 Å². The van der Waals surface area contributed by atoms with E-state index in [9.17, 15) is 14.4 Å². The summed E-state index contributed by atoms with van der Waals surface area (Å²) in [5, 5.41) is 2.69. The molecule has 2 bridgehead atoms. The molecule has 2 aromatic rings. The number of esters is 1. The molecule has 9 heteroatoms. The number of anilines is 3. The number of carbonyl (C=O) groups is 2. The topological polar surface area (TPSA) is 96.8 Å². The van der Waals surface area contributed by atoms with Gasteiger partial charge < -0.3 is 19.5 Å². The zero-order valence-electron chi connectivity index (χ0n) is 15.0. The van der Waals surface area contributed by atoms with E-state index >= 15 is 0 Å². The molecule has 0 saturated carbocycles. The molecule has 1 N–H and O–H groups in total. The highest BCUT2D eigenvalue weighted by molar-refractivity contribution is 6.05. The van der Waals surface area contributed by atoms with Gasteiger partial charge in [-0.1, -0.05) is 0 Å². The Balaban J connectivity index is 1.72. The molecule has 2 aliphatic heterocycles. The molecule has 4 heterocycles. The highest BCUT2D eigenvalue weighted by Crippen LogP contribution is 2.39. The van der Waals surface area contributed by atoms with Crippen LogP contribution in [0.3, 0.4) is 0 Å². The molecule has 2 aromatic heterocycles. The van der Waals surface area contributed by atoms with Gasteiger partial charge in [-0.25, -0.2) is 14.6 Å². The van der Waals surface area contributed by atoms with E-state index in [1.807, 2.05) is 0 Å². The molecule has 27 heavy (non-hydrogen) atoms. The molecule has 140 valence electrons. The molecule has 0 aliphatic carbocycles. The summed E-state index contributed by atoms with van der Waals surface area (Å²) < 4.78 is 6.13. The van der Waals surface area contributed by atoms with Gasteiger partial charge in [0, 0.05) is 26.3 Å². The minimum absolute atomic E-state index is 0.0783. The lowest BCUT2D eigenvalue weighted by Gasteiger charge is -2.35. The summed E-state index contributed by atoms with van der Waals surface area (Å²) >= 11 is 0. The number of ether oxygens (including phenoxy) is 1. The van der Waals surface area contributed by atoms with E-state index in [1.54, 1.807) is 37.5 Å². The predicted octanol–water partition coefficient (Wildman–Crippen LogP) is 1.20. The number of methoxy groups -OCH3 is 1. The molecule has 4 rings (SSSR count). The minimum Gasteiger partial charge on any atom is -0.464 e. The van der Waals surface area contributed by atoms with Crippen LogP contribution in [0.5, 0.6) is 0 Å². The fourth-order valence-electron chi connectivity index (χ4n) is 3.56. The van der Waals surface area contributed by atoms with Crippen molar-refractivity contribution in [1.29, 1.82) is 0 Å². The number of aromatic nitrogens is 2. The van der Waals surface area contributed by atoms with Gasteiger partial charge in [-0.15, -0.1) is 0 Å². The Hall–Kier alpha value is -3.36. The van der Waals surface area contributed by atoms with Crippen molar-refractivity contribution >= 4 is 29.2 Å². The van der Waals surface area contributed by atoms with Gasteiger partial charge in [0.1, 0.15) is 5.69 Å². The molecular weight excluding hydrogens is 350 g/mol. The third-order valence-corrected chi connectivity index (χ3v) is 4.93. The van der Waals surface area contributed by atoms with Crippen molar-refractivity contribution in [3.63, 3.8) is 0 Å². The highest BCUT2D eigenvalue weighted by Gasteiger charge is 2.40. The van der Waals surface area contributed by atoms with Crippen molar-refractivity contribution < 1.29 is 14.3 Å². The maximum atomic E-state index is 13.0. The van der Waals surface area contributed by atoms with Gasteiger partial charge in [-0.05, 0) is 30.7 Å². The Morgan fingerprint density at radius 2 is 2.11 bits per heavy atom. The number of amides is 2. The number of nitrogens with zero attached hydrogens (tertiary/aromatic N) is 4. The number of hydrogen-bond donors (Lipinski definition) is 1. The standard InChI is InChI=1S/C18H19N5O4/c1-21-8-3-4-12(16(21)24)20-18(26)23-11-7-9-22(10-11)14-6-5-13(17(25)27-2)19-15(14)23/h3-6,8,11H,7,9-10H2,1-2H3,(H,20,26)/t11-/m0/s1. The summed E-state index contributed by atoms with van der Waals surface area (Å²) in [6, 6.07) is 6.09. The molecule has 1 fully saturated rings. The fraction of sp³-hybridized carbons (Fsp3) is 0.333. The Morgan fingerprint density at radius 1 is 1.30 bits per heavy atom. The zero-order valence-corrected chi connectivity index (χ0v) is 15.0. The van der Waals surface area contributed by atoms with Gasteiger partial charge in [-0.2, -0.15) is 0 Å². The molecule has 0 unspecified atom stereocenters. The quantitative estimate of drug-likeness (QED) is 0.799. The smallest absolute Gasteiger partial charge is 0.356 e. The van der Waals surface area contributed by atoms with Crippen LogP contribution in [0.4, 0.5) is 22.0 Å². The Kier molecular flexibility index (Phi) is 4.06. The van der Waals surface area contributed by atoms with Crippen molar-refractivity contribution in [2.45, 2.75) is 12.5 Å². The molecule has 2 aliphatic rings. The van der Waals surface area contributed by atoms with Gasteiger partial charge in [0.05, 0.1) is 18.8 Å². The average molecular weight is 369 g/mol. The van der Waals surface area contributed by atoms with Crippen molar-refractivity contribution in [2.75, 3.05) is 35.3 Å². The van der Waals surface area contributed by atoms with Crippen molar-refractivity contribution in [3.05, 3.63) is 46.5 Å². The van der Waals surface area contributed by atoms with Gasteiger partial charge >= 0.3 is 12.0 Å². The molecule has 2 amide bonds. The summed E-state index contributed by atoms with van der Waals surface area (Å²) in [5.41, 5.74) is 0.809. The van der Waals surface area contributed by atoms with Crippen LogP contribution < -0.4 is 20.7 Å². The number of pyridine rings is 2. The SMILES string of the molecule is COC(=O)c1ccc2c(n1)N(C(=O)Nc1cccn(C)c1=O)[C@H]1CCN2C1. The number of carbonyl (C=O) groups excluding carboxylic acids is 2. The molecule has 1 saturated heterocycles. The first kappa shape index (κ1) is 17.1. The van der Waals surface area contributed by atoms with E-state index in [1.165, 1.54) is 16.6 Å². The van der Waals surface area contributed by atoms with Crippen molar-refractivity contribution in [1.82, 2.24) is 9.55 Å². The summed E-state index contributed by atoms with van der Waals surface area (Å²) in [4.78, 5) is 45.2. The third-order valence-electron chi connectivity index (χ3n) is 4.93. The highest BCUT2D eigenvalue weighted by atomic mass is 16.5. The lowest BCUT2D eigenvalue weighted by molar-refractivity contribution is 0.0594. The van der Waals surface area contributed by atoms with Gasteiger partial charge in [0.15, 0.2) is 11.5 Å². The van der Waals surface area contributed by atoms with Gasteiger partial charge in [0.25, 0.3) is 5.56 Å². The fourth-order valence-corrected chi connectivity index (χ4v) is 3.56. The van der Waals surface area contributed by atoms with Crippen LogP contribution in [0.25, 0.3) is 0 Å². The maximum Gasteiger partial charge on any atom is 0.356 e. The van der Waals surface area contributed by atoms with Crippen molar-refractivity contribution in [3.8, 4) is 0 Å². The zero-order chi connectivity index (χ0) is 19.1. The minimum atomic E-state index is -0.567. The Morgan fingerprint density at radius 3 is 2.89 bits per heavy atom. The largest absolute Gasteiger partial charge is 0.464 e. The Labute approximate surface area is 155 Å². The maximum absolute atomic E-state index is 13.0. The lowest BCUT2D eigenvalue weighted by Crippen LogP contribution is -2.49. The van der Waals surface area contributed by atoms with Crippen molar-refractivity contribution in [2.24, 2.45) is 7.05 Å². The van der Waals surface area contributed by atoms with E-state index in [-0.39, 0.29) is 23.0 Å². The number of urea groups is 1. The lowest BCUT2D eigenvalue weighted by atomic mass is 10.1. The third kappa shape index (κ3) is 2.80. The van der Waals surface area contributed by atoms with Crippen LogP contribution in [-0.2, 0) is 11.8 Å². The van der Waals surface area contributed by atoms with E-state index in [0.717, 1.165) is 18.7 Å². The molecule has 0 radical (unpaired) electrons. The second kappa shape index (κ2) is 6.42. The number of hydrogen-bond acceptors (Lipinski definition) is 6. The van der Waals surface area contributed by atoms with Gasteiger partial charge in [-0.3, -0.25) is 9.69 Å². The molecular formula is C18H19N5O4. The summed E-state index contributed by atoms with van der Waals surface area (Å²) in [6.45, 7) is 1.49. The first-order chi connectivity index (χ1) is 13.0. The summed E-state index contributed by atoms with van der Waals surface area (Å²) in [7, 11) is 2.90. The summed E-state index contributed by atoms with van der Waals surface area (Å²) in [6.07, 6.45) is 2.40. The van der Waals surface area contributed by atoms with Crippen LogP contribution >= 0.6 is 0 Å². The second-order valence-corrected chi connectivity index (χ2v) is 6.56. The number of fused-ring (bicyclic) bond motifs is 4. The molecule has 1 atom stereocenters. The Bertz CT molecular complexity index is 986. The van der Waals surface area contributed by atoms with Crippen LogP contribution in [0.1, 0.15) is 16.9 Å².